The smallest absolute Gasteiger partial charge is 0.312 e. The van der Waals surface area contributed by atoms with Gasteiger partial charge >= 0.3 is 5.97 Å². The molecule has 1 amide bonds. The third-order valence-electron chi connectivity index (χ3n) is 3.12. The van der Waals surface area contributed by atoms with Gasteiger partial charge in [0.05, 0.1) is 27.7 Å². The number of nitrogens with zero attached hydrogens (tertiary/aromatic N) is 1. The number of ether oxygens (including phenoxy) is 1. The van der Waals surface area contributed by atoms with Crippen LogP contribution in [0.4, 0.5) is 5.69 Å². The van der Waals surface area contributed by atoms with E-state index in [1.54, 1.807) is 35.6 Å². The van der Waals surface area contributed by atoms with Crippen LogP contribution < -0.4 is 5.32 Å². The Morgan fingerprint density at radius 2 is 2.00 bits per heavy atom. The van der Waals surface area contributed by atoms with Gasteiger partial charge in [0.2, 0.25) is 0 Å². The van der Waals surface area contributed by atoms with Crippen molar-refractivity contribution in [3.05, 3.63) is 57.9 Å². The van der Waals surface area contributed by atoms with E-state index in [9.17, 15) is 9.59 Å². The van der Waals surface area contributed by atoms with Gasteiger partial charge in [0, 0.05) is 5.38 Å². The standard InChI is InChI=1S/C17H13ClN2O3S2/c18-12-4-1-2-5-13(12)20-15(21)9-23-16(22)8-11-10-25-17(19-11)14-6-3-7-24-14/h1-7,10H,8-9H2,(H,20,21). The molecule has 3 rings (SSSR count). The molecule has 1 aromatic carbocycles. The molecule has 0 spiro atoms. The van der Waals surface area contributed by atoms with Crippen molar-refractivity contribution in [3.63, 3.8) is 0 Å². The van der Waals surface area contributed by atoms with Crippen LogP contribution in [0.5, 0.6) is 0 Å². The summed E-state index contributed by atoms with van der Waals surface area (Å²) < 4.78 is 4.99. The molecule has 0 aliphatic heterocycles. The molecule has 3 aromatic rings. The van der Waals surface area contributed by atoms with E-state index < -0.39 is 11.9 Å². The van der Waals surface area contributed by atoms with Gasteiger partial charge in [0.25, 0.3) is 5.91 Å². The van der Waals surface area contributed by atoms with Crippen molar-refractivity contribution in [2.24, 2.45) is 0 Å². The maximum Gasteiger partial charge on any atom is 0.312 e. The van der Waals surface area contributed by atoms with Gasteiger partial charge in [-0.25, -0.2) is 4.98 Å². The number of esters is 1. The van der Waals surface area contributed by atoms with Crippen LogP contribution in [0, 0.1) is 0 Å². The van der Waals surface area contributed by atoms with Crippen molar-refractivity contribution in [1.29, 1.82) is 0 Å². The summed E-state index contributed by atoms with van der Waals surface area (Å²) >= 11 is 9.02. The van der Waals surface area contributed by atoms with Crippen molar-refractivity contribution in [3.8, 4) is 9.88 Å². The number of hydrogen-bond donors (Lipinski definition) is 1. The lowest BCUT2D eigenvalue weighted by Gasteiger charge is -2.07. The fourth-order valence-electron chi connectivity index (χ4n) is 2.00. The van der Waals surface area contributed by atoms with E-state index in [1.165, 1.54) is 11.3 Å². The Morgan fingerprint density at radius 3 is 2.76 bits per heavy atom. The minimum atomic E-state index is -0.502. The Kier molecular flexibility index (Phi) is 5.80. The Balaban J connectivity index is 1.48. The van der Waals surface area contributed by atoms with Gasteiger partial charge in [-0.1, -0.05) is 29.8 Å². The SMILES string of the molecule is O=C(COC(=O)Cc1csc(-c2cccs2)n1)Nc1ccccc1Cl. The van der Waals surface area contributed by atoms with Gasteiger partial charge < -0.3 is 10.1 Å². The zero-order valence-electron chi connectivity index (χ0n) is 12.9. The first-order valence-electron chi connectivity index (χ1n) is 7.30. The van der Waals surface area contributed by atoms with E-state index in [0.717, 1.165) is 9.88 Å². The molecule has 0 aliphatic carbocycles. The molecule has 2 aromatic heterocycles. The second-order valence-electron chi connectivity index (χ2n) is 4.99. The summed E-state index contributed by atoms with van der Waals surface area (Å²) in [4.78, 5) is 29.2. The van der Waals surface area contributed by atoms with Gasteiger partial charge in [-0.3, -0.25) is 9.59 Å². The molecule has 0 unspecified atom stereocenters. The number of halogens is 1. The Morgan fingerprint density at radius 1 is 1.16 bits per heavy atom. The van der Waals surface area contributed by atoms with Crippen LogP contribution >= 0.6 is 34.3 Å². The number of benzene rings is 1. The largest absolute Gasteiger partial charge is 0.455 e. The number of hydrogen-bond acceptors (Lipinski definition) is 6. The first-order chi connectivity index (χ1) is 12.1. The lowest BCUT2D eigenvalue weighted by Crippen LogP contribution is -2.21. The lowest BCUT2D eigenvalue weighted by atomic mass is 10.3. The summed E-state index contributed by atoms with van der Waals surface area (Å²) in [7, 11) is 0. The van der Waals surface area contributed by atoms with Gasteiger partial charge in [-0.05, 0) is 23.6 Å². The highest BCUT2D eigenvalue weighted by Crippen LogP contribution is 2.28. The molecule has 0 bridgehead atoms. The van der Waals surface area contributed by atoms with E-state index >= 15 is 0 Å². The number of para-hydroxylation sites is 1. The highest BCUT2D eigenvalue weighted by molar-refractivity contribution is 7.20. The molecule has 0 radical (unpaired) electrons. The number of rotatable bonds is 6. The molecule has 0 fully saturated rings. The predicted octanol–water partition coefficient (Wildman–Crippen LogP) is 4.25. The fraction of sp³-hybridized carbons (Fsp3) is 0.118. The Hall–Kier alpha value is -2.22. The summed E-state index contributed by atoms with van der Waals surface area (Å²) in [5.74, 6) is -0.948. The second kappa shape index (κ2) is 8.24. The molecular formula is C17H13ClN2O3S2. The zero-order valence-corrected chi connectivity index (χ0v) is 15.3. The monoisotopic (exact) mass is 392 g/mol. The van der Waals surface area contributed by atoms with E-state index in [-0.39, 0.29) is 13.0 Å². The van der Waals surface area contributed by atoms with Crippen molar-refractivity contribution in [1.82, 2.24) is 4.98 Å². The average Bonchev–Trinajstić information content (AvgIpc) is 3.26. The van der Waals surface area contributed by atoms with E-state index in [0.29, 0.717) is 16.4 Å². The molecule has 128 valence electrons. The first kappa shape index (κ1) is 17.6. The number of aromatic nitrogens is 1. The van der Waals surface area contributed by atoms with Crippen LogP contribution in [0.15, 0.2) is 47.2 Å². The van der Waals surface area contributed by atoms with Gasteiger partial charge in [-0.2, -0.15) is 0 Å². The molecule has 0 saturated carbocycles. The molecule has 0 atom stereocenters. The normalized spacial score (nSPS) is 10.4. The molecular weight excluding hydrogens is 380 g/mol. The minimum absolute atomic E-state index is 0.0290. The van der Waals surface area contributed by atoms with Gasteiger partial charge in [0.1, 0.15) is 5.01 Å². The number of thiophene rings is 1. The minimum Gasteiger partial charge on any atom is -0.455 e. The van der Waals surface area contributed by atoms with Crippen molar-refractivity contribution >= 4 is 51.8 Å². The number of thiazole rings is 1. The maximum atomic E-state index is 11.9. The lowest BCUT2D eigenvalue weighted by molar-refractivity contribution is -0.146. The van der Waals surface area contributed by atoms with E-state index in [4.69, 9.17) is 16.3 Å². The highest BCUT2D eigenvalue weighted by Gasteiger charge is 2.13. The van der Waals surface area contributed by atoms with Crippen molar-refractivity contribution < 1.29 is 14.3 Å². The highest BCUT2D eigenvalue weighted by atomic mass is 35.5. The quantitative estimate of drug-likeness (QED) is 0.637. The number of carbonyl (C=O) groups excluding carboxylic acids is 2. The third-order valence-corrected chi connectivity index (χ3v) is 5.38. The van der Waals surface area contributed by atoms with Crippen LogP contribution in [0.3, 0.4) is 0 Å². The van der Waals surface area contributed by atoms with Crippen LogP contribution in [0.25, 0.3) is 9.88 Å². The Bertz CT molecular complexity index is 878. The van der Waals surface area contributed by atoms with Crippen molar-refractivity contribution in [2.45, 2.75) is 6.42 Å². The summed E-state index contributed by atoms with van der Waals surface area (Å²) in [6.07, 6.45) is 0.0290. The maximum absolute atomic E-state index is 11.9. The van der Waals surface area contributed by atoms with Crippen molar-refractivity contribution in [2.75, 3.05) is 11.9 Å². The number of anilines is 1. The molecule has 25 heavy (non-hydrogen) atoms. The first-order valence-corrected chi connectivity index (χ1v) is 9.44. The summed E-state index contributed by atoms with van der Waals surface area (Å²) in [6, 6.07) is 10.8. The van der Waals surface area contributed by atoms with Gasteiger partial charge in [0.15, 0.2) is 6.61 Å². The molecule has 5 nitrogen and oxygen atoms in total. The predicted molar refractivity (Wildman–Crippen MR) is 100 cm³/mol. The van der Waals surface area contributed by atoms with Crippen LogP contribution in [0.1, 0.15) is 5.69 Å². The van der Waals surface area contributed by atoms with Crippen LogP contribution in [-0.2, 0) is 20.7 Å². The number of carbonyl (C=O) groups is 2. The number of nitrogens with one attached hydrogen (secondary N) is 1. The molecule has 0 saturated heterocycles. The summed E-state index contributed by atoms with van der Waals surface area (Å²) in [6.45, 7) is -0.369. The summed E-state index contributed by atoms with van der Waals surface area (Å²) in [5, 5.41) is 7.68. The molecule has 0 aliphatic rings. The number of amides is 1. The van der Waals surface area contributed by atoms with Crippen LogP contribution in [0.2, 0.25) is 5.02 Å². The zero-order chi connectivity index (χ0) is 17.6. The Labute approximate surface area is 157 Å². The third kappa shape index (κ3) is 4.88. The van der Waals surface area contributed by atoms with E-state index in [1.807, 2.05) is 22.9 Å². The second-order valence-corrected chi connectivity index (χ2v) is 7.20. The van der Waals surface area contributed by atoms with Crippen LogP contribution in [-0.4, -0.2) is 23.5 Å². The topological polar surface area (TPSA) is 68.3 Å². The summed E-state index contributed by atoms with van der Waals surface area (Å²) in [5.41, 5.74) is 1.11. The molecule has 8 heteroatoms. The fourth-order valence-corrected chi connectivity index (χ4v) is 3.81. The van der Waals surface area contributed by atoms with Gasteiger partial charge in [-0.15, -0.1) is 22.7 Å². The molecule has 2 heterocycles. The molecule has 1 N–H and O–H groups in total. The van der Waals surface area contributed by atoms with E-state index in [2.05, 4.69) is 10.3 Å². The average molecular weight is 393 g/mol.